The molecule has 0 unspecified atom stereocenters. The Labute approximate surface area is 87.7 Å². The van der Waals surface area contributed by atoms with Crippen LogP contribution < -0.4 is 0 Å². The van der Waals surface area contributed by atoms with Gasteiger partial charge in [-0.1, -0.05) is 47.5 Å². The first-order valence-electron chi connectivity index (χ1n) is 5.55. The second-order valence-corrected chi connectivity index (χ2v) is 5.14. The van der Waals surface area contributed by atoms with Gasteiger partial charge in [0.05, 0.1) is 5.41 Å². The first-order valence-corrected chi connectivity index (χ1v) is 5.55. The summed E-state index contributed by atoms with van der Waals surface area (Å²) in [6.45, 7) is 10.2. The molecule has 0 bridgehead atoms. The van der Waals surface area contributed by atoms with E-state index in [4.69, 9.17) is 0 Å². The van der Waals surface area contributed by atoms with Crippen molar-refractivity contribution in [2.45, 2.75) is 60.3 Å². The Hall–Kier alpha value is -0.530. The van der Waals surface area contributed by atoms with E-state index in [0.717, 1.165) is 25.7 Å². The van der Waals surface area contributed by atoms with E-state index >= 15 is 0 Å². The van der Waals surface area contributed by atoms with Crippen molar-refractivity contribution < 1.29 is 9.90 Å². The summed E-state index contributed by atoms with van der Waals surface area (Å²) >= 11 is 0. The maximum Gasteiger partial charge on any atom is 0.310 e. The molecular formula is C12H24O2. The van der Waals surface area contributed by atoms with E-state index in [9.17, 15) is 9.90 Å². The van der Waals surface area contributed by atoms with E-state index in [1.807, 2.05) is 20.8 Å². The van der Waals surface area contributed by atoms with Gasteiger partial charge >= 0.3 is 5.97 Å². The molecule has 0 fully saturated rings. The molecule has 0 aliphatic rings. The van der Waals surface area contributed by atoms with Gasteiger partial charge in [-0.15, -0.1) is 0 Å². The van der Waals surface area contributed by atoms with E-state index in [-0.39, 0.29) is 5.41 Å². The maximum absolute atomic E-state index is 11.4. The number of carboxylic acid groups (broad SMARTS) is 1. The minimum atomic E-state index is -0.631. The normalized spacial score (nSPS) is 12.9. The van der Waals surface area contributed by atoms with Crippen LogP contribution in [0.2, 0.25) is 0 Å². The Bertz CT molecular complexity index is 183. The van der Waals surface area contributed by atoms with Gasteiger partial charge in [0.2, 0.25) is 0 Å². The largest absolute Gasteiger partial charge is 0.481 e. The predicted molar refractivity (Wildman–Crippen MR) is 59.3 cm³/mol. The molecule has 0 aliphatic heterocycles. The first kappa shape index (κ1) is 13.5. The second-order valence-electron chi connectivity index (χ2n) is 5.14. The minimum absolute atomic E-state index is 0.162. The van der Waals surface area contributed by atoms with Crippen LogP contribution in [-0.4, -0.2) is 11.1 Å². The van der Waals surface area contributed by atoms with Crippen LogP contribution in [0, 0.1) is 10.8 Å². The molecule has 0 heterocycles. The SMILES string of the molecule is CCCC(CCC)(C(=O)O)C(C)(C)C. The van der Waals surface area contributed by atoms with Crippen LogP contribution in [0.15, 0.2) is 0 Å². The predicted octanol–water partition coefficient (Wildman–Crippen LogP) is 3.70. The van der Waals surface area contributed by atoms with Crippen molar-refractivity contribution in [2.75, 3.05) is 0 Å². The fraction of sp³-hybridized carbons (Fsp3) is 0.917. The Morgan fingerprint density at radius 2 is 1.43 bits per heavy atom. The Morgan fingerprint density at radius 3 is 1.57 bits per heavy atom. The van der Waals surface area contributed by atoms with E-state index in [2.05, 4.69) is 13.8 Å². The smallest absolute Gasteiger partial charge is 0.310 e. The molecule has 0 aromatic heterocycles. The number of aliphatic carboxylic acids is 1. The van der Waals surface area contributed by atoms with Crippen molar-refractivity contribution in [1.29, 1.82) is 0 Å². The average Bonchev–Trinajstić information content (AvgIpc) is 2.01. The molecule has 0 rings (SSSR count). The van der Waals surface area contributed by atoms with Crippen LogP contribution in [0.25, 0.3) is 0 Å². The highest BCUT2D eigenvalue weighted by molar-refractivity contribution is 5.75. The molecule has 0 aliphatic carbocycles. The summed E-state index contributed by atoms with van der Waals surface area (Å²) in [5.74, 6) is -0.631. The van der Waals surface area contributed by atoms with Crippen molar-refractivity contribution >= 4 is 5.97 Å². The van der Waals surface area contributed by atoms with Gasteiger partial charge in [-0.25, -0.2) is 0 Å². The van der Waals surface area contributed by atoms with Crippen molar-refractivity contribution in [2.24, 2.45) is 10.8 Å². The molecule has 0 saturated heterocycles. The van der Waals surface area contributed by atoms with Gasteiger partial charge in [0, 0.05) is 0 Å². The topological polar surface area (TPSA) is 37.3 Å². The third kappa shape index (κ3) is 2.49. The van der Waals surface area contributed by atoms with Crippen LogP contribution in [0.5, 0.6) is 0 Å². The quantitative estimate of drug-likeness (QED) is 0.734. The summed E-state index contributed by atoms with van der Waals surface area (Å²) in [5.41, 5.74) is -0.707. The molecule has 0 saturated carbocycles. The summed E-state index contributed by atoms with van der Waals surface area (Å²) in [7, 11) is 0. The molecule has 14 heavy (non-hydrogen) atoms. The van der Waals surface area contributed by atoms with Gasteiger partial charge in [0.1, 0.15) is 0 Å². The Balaban J connectivity index is 5.04. The lowest BCUT2D eigenvalue weighted by Gasteiger charge is -2.41. The Kier molecular flexibility index (Phi) is 4.63. The fourth-order valence-corrected chi connectivity index (χ4v) is 2.26. The lowest BCUT2D eigenvalue weighted by atomic mass is 9.62. The van der Waals surface area contributed by atoms with E-state index < -0.39 is 11.4 Å². The molecule has 0 aromatic carbocycles. The maximum atomic E-state index is 11.4. The van der Waals surface area contributed by atoms with Crippen LogP contribution >= 0.6 is 0 Å². The number of rotatable bonds is 5. The van der Waals surface area contributed by atoms with Gasteiger partial charge in [0.15, 0.2) is 0 Å². The molecule has 0 atom stereocenters. The van der Waals surface area contributed by atoms with Gasteiger partial charge in [-0.05, 0) is 18.3 Å². The summed E-state index contributed by atoms with van der Waals surface area (Å²) in [4.78, 5) is 11.4. The van der Waals surface area contributed by atoms with Crippen LogP contribution in [0.3, 0.4) is 0 Å². The van der Waals surface area contributed by atoms with Crippen LogP contribution in [0.1, 0.15) is 60.3 Å². The standard InChI is InChI=1S/C12H24O2/c1-6-8-12(9-7-2,10(13)14)11(3,4)5/h6-9H2,1-5H3,(H,13,14). The lowest BCUT2D eigenvalue weighted by molar-refractivity contribution is -0.158. The fourth-order valence-electron chi connectivity index (χ4n) is 2.26. The Morgan fingerprint density at radius 1 is 1.07 bits per heavy atom. The zero-order valence-corrected chi connectivity index (χ0v) is 10.2. The monoisotopic (exact) mass is 200 g/mol. The third-order valence-electron chi connectivity index (χ3n) is 3.20. The van der Waals surface area contributed by atoms with Crippen molar-refractivity contribution in [3.8, 4) is 0 Å². The summed E-state index contributed by atoms with van der Waals surface area (Å²) in [6.07, 6.45) is 3.42. The zero-order chi connectivity index (χ0) is 11.4. The highest BCUT2D eigenvalue weighted by Gasteiger charge is 2.46. The molecule has 0 amide bonds. The number of hydrogen-bond acceptors (Lipinski definition) is 1. The van der Waals surface area contributed by atoms with E-state index in [1.165, 1.54) is 0 Å². The third-order valence-corrected chi connectivity index (χ3v) is 3.20. The summed E-state index contributed by atoms with van der Waals surface area (Å²) in [6, 6.07) is 0. The first-order chi connectivity index (χ1) is 6.31. The van der Waals surface area contributed by atoms with Crippen LogP contribution in [0.4, 0.5) is 0 Å². The molecule has 2 heteroatoms. The van der Waals surface area contributed by atoms with Gasteiger partial charge in [-0.2, -0.15) is 0 Å². The number of carbonyl (C=O) groups is 1. The molecule has 2 nitrogen and oxygen atoms in total. The summed E-state index contributed by atoms with van der Waals surface area (Å²) < 4.78 is 0. The van der Waals surface area contributed by atoms with Gasteiger partial charge in [0.25, 0.3) is 0 Å². The van der Waals surface area contributed by atoms with Crippen molar-refractivity contribution in [1.82, 2.24) is 0 Å². The molecule has 84 valence electrons. The van der Waals surface area contributed by atoms with Crippen LogP contribution in [-0.2, 0) is 4.79 Å². The van der Waals surface area contributed by atoms with E-state index in [1.54, 1.807) is 0 Å². The van der Waals surface area contributed by atoms with Gasteiger partial charge in [-0.3, -0.25) is 4.79 Å². The lowest BCUT2D eigenvalue weighted by Crippen LogP contribution is -2.42. The number of carboxylic acids is 1. The molecule has 0 aromatic rings. The highest BCUT2D eigenvalue weighted by Crippen LogP contribution is 2.46. The van der Waals surface area contributed by atoms with Crippen molar-refractivity contribution in [3.63, 3.8) is 0 Å². The van der Waals surface area contributed by atoms with Crippen molar-refractivity contribution in [3.05, 3.63) is 0 Å². The summed E-state index contributed by atoms with van der Waals surface area (Å²) in [5, 5.41) is 9.42. The second kappa shape index (κ2) is 4.81. The molecule has 1 N–H and O–H groups in total. The molecule has 0 radical (unpaired) electrons. The average molecular weight is 200 g/mol. The van der Waals surface area contributed by atoms with Gasteiger partial charge < -0.3 is 5.11 Å². The minimum Gasteiger partial charge on any atom is -0.481 e. The highest BCUT2D eigenvalue weighted by atomic mass is 16.4. The zero-order valence-electron chi connectivity index (χ0n) is 10.2. The number of hydrogen-bond donors (Lipinski definition) is 1. The molecule has 0 spiro atoms. The van der Waals surface area contributed by atoms with E-state index in [0.29, 0.717) is 0 Å². The molecular weight excluding hydrogens is 176 g/mol.